The van der Waals surface area contributed by atoms with Gasteiger partial charge in [0.2, 0.25) is 15.9 Å². The zero-order valence-electron chi connectivity index (χ0n) is 12.6. The van der Waals surface area contributed by atoms with Gasteiger partial charge in [-0.2, -0.15) is 17.5 Å². The van der Waals surface area contributed by atoms with Crippen LogP contribution in [-0.2, 0) is 27.5 Å². The van der Waals surface area contributed by atoms with Gasteiger partial charge in [-0.15, -0.1) is 0 Å². The third kappa shape index (κ3) is 4.37. The van der Waals surface area contributed by atoms with Gasteiger partial charge in [0.1, 0.15) is 6.04 Å². The maximum absolute atomic E-state index is 12.5. The van der Waals surface area contributed by atoms with Crippen LogP contribution in [0, 0.1) is 0 Å². The highest BCUT2D eigenvalue weighted by Crippen LogP contribution is 2.31. The summed E-state index contributed by atoms with van der Waals surface area (Å²) in [6, 6.07) is -0.0951. The quantitative estimate of drug-likeness (QED) is 0.857. The summed E-state index contributed by atoms with van der Waals surface area (Å²) in [7, 11) is -3.50. The van der Waals surface area contributed by atoms with Crippen molar-refractivity contribution in [2.24, 2.45) is 0 Å². The molecule has 1 aliphatic rings. The molecule has 0 radical (unpaired) electrons. The molecular weight excluding hydrogens is 371 g/mol. The van der Waals surface area contributed by atoms with Crippen LogP contribution in [0.2, 0.25) is 5.02 Å². The van der Waals surface area contributed by atoms with E-state index in [1.54, 1.807) is 0 Å². The number of hydrogen-bond donors (Lipinski definition) is 1. The van der Waals surface area contributed by atoms with Crippen molar-refractivity contribution in [3.63, 3.8) is 0 Å². The number of alkyl halides is 3. The summed E-state index contributed by atoms with van der Waals surface area (Å²) in [6.07, 6.45) is -1.96. The first-order chi connectivity index (χ1) is 11.0. The van der Waals surface area contributed by atoms with E-state index in [1.807, 2.05) is 0 Å². The zero-order chi connectivity index (χ0) is 18.1. The van der Waals surface area contributed by atoms with Gasteiger partial charge < -0.3 is 5.32 Å². The van der Waals surface area contributed by atoms with Crippen LogP contribution < -0.4 is 5.32 Å². The third-order valence-corrected chi connectivity index (χ3v) is 5.22. The van der Waals surface area contributed by atoms with E-state index in [2.05, 4.69) is 10.3 Å². The molecule has 1 N–H and O–H groups in total. The van der Waals surface area contributed by atoms with Crippen LogP contribution in [0.15, 0.2) is 12.3 Å². The molecule has 134 valence electrons. The van der Waals surface area contributed by atoms with Crippen molar-refractivity contribution in [1.29, 1.82) is 0 Å². The fourth-order valence-electron chi connectivity index (χ4n) is 2.44. The normalized spacial score (nSPS) is 19.5. The van der Waals surface area contributed by atoms with Crippen molar-refractivity contribution in [1.82, 2.24) is 14.6 Å². The molecule has 11 heteroatoms. The lowest BCUT2D eigenvalue weighted by Crippen LogP contribution is -2.45. The highest BCUT2D eigenvalue weighted by molar-refractivity contribution is 7.88. The Kier molecular flexibility index (Phi) is 5.41. The minimum Gasteiger partial charge on any atom is -0.349 e. The number of nitrogens with one attached hydrogen (secondary N) is 1. The average Bonchev–Trinajstić information content (AvgIpc) is 2.94. The predicted molar refractivity (Wildman–Crippen MR) is 80.7 cm³/mol. The minimum atomic E-state index is -4.56. The van der Waals surface area contributed by atoms with Gasteiger partial charge in [0.25, 0.3) is 0 Å². The second-order valence-corrected chi connectivity index (χ2v) is 7.74. The number of halogens is 4. The molecule has 0 aromatic carbocycles. The van der Waals surface area contributed by atoms with Gasteiger partial charge in [-0.3, -0.25) is 9.78 Å². The number of aromatic nitrogens is 1. The fraction of sp³-hybridized carbons (Fsp3) is 0.538. The monoisotopic (exact) mass is 385 g/mol. The van der Waals surface area contributed by atoms with E-state index in [0.717, 1.165) is 16.6 Å². The lowest BCUT2D eigenvalue weighted by Gasteiger charge is -2.21. The van der Waals surface area contributed by atoms with Crippen LogP contribution in [0.1, 0.15) is 24.1 Å². The van der Waals surface area contributed by atoms with E-state index in [9.17, 15) is 26.4 Å². The number of sulfonamides is 1. The smallest absolute Gasteiger partial charge is 0.349 e. The van der Waals surface area contributed by atoms with Crippen LogP contribution in [-0.4, -0.2) is 42.5 Å². The maximum atomic E-state index is 12.5. The Balaban J connectivity index is 2.04. The molecule has 0 bridgehead atoms. The molecule has 1 fully saturated rings. The number of hydrogen-bond acceptors (Lipinski definition) is 4. The zero-order valence-corrected chi connectivity index (χ0v) is 14.2. The number of pyridine rings is 1. The topological polar surface area (TPSA) is 79.4 Å². The first-order valence-corrected chi connectivity index (χ1v) is 9.19. The minimum absolute atomic E-state index is 0.0712. The fourth-order valence-corrected chi connectivity index (χ4v) is 3.80. The molecule has 1 aliphatic heterocycles. The molecular formula is C13H15ClF3N3O3S. The van der Waals surface area contributed by atoms with Gasteiger partial charge in [-0.05, 0) is 18.9 Å². The van der Waals surface area contributed by atoms with Crippen molar-refractivity contribution < 1.29 is 26.4 Å². The molecule has 0 spiro atoms. The van der Waals surface area contributed by atoms with E-state index < -0.39 is 33.7 Å². The molecule has 0 saturated carbocycles. The van der Waals surface area contributed by atoms with Crippen LogP contribution in [0.3, 0.4) is 0 Å². The molecule has 1 aromatic heterocycles. The van der Waals surface area contributed by atoms with Crippen LogP contribution in [0.25, 0.3) is 0 Å². The van der Waals surface area contributed by atoms with E-state index in [0.29, 0.717) is 19.0 Å². The lowest BCUT2D eigenvalue weighted by atomic mass is 10.2. The SMILES string of the molecule is CS(=O)(=O)N1CCCC1C(=O)NCc1ncc(C(F)(F)F)cc1Cl. The Morgan fingerprint density at radius 1 is 1.50 bits per heavy atom. The number of nitrogens with zero attached hydrogens (tertiary/aromatic N) is 2. The standard InChI is InChI=1S/C13H15ClF3N3O3S/c1-24(22,23)20-4-2-3-11(20)12(21)19-7-10-9(14)5-8(6-18-10)13(15,16)17/h5-6,11H,2-4,7H2,1H3,(H,19,21). The Bertz CT molecular complexity index is 740. The van der Waals surface area contributed by atoms with E-state index in [4.69, 9.17) is 11.6 Å². The molecule has 6 nitrogen and oxygen atoms in total. The van der Waals surface area contributed by atoms with Gasteiger partial charge in [0, 0.05) is 12.7 Å². The Morgan fingerprint density at radius 2 is 2.17 bits per heavy atom. The average molecular weight is 386 g/mol. The second kappa shape index (κ2) is 6.85. The summed E-state index contributed by atoms with van der Waals surface area (Å²) >= 11 is 5.76. The maximum Gasteiger partial charge on any atom is 0.417 e. The molecule has 2 rings (SSSR count). The van der Waals surface area contributed by atoms with Gasteiger partial charge in [0.05, 0.1) is 29.1 Å². The highest BCUT2D eigenvalue weighted by Gasteiger charge is 2.36. The van der Waals surface area contributed by atoms with Crippen LogP contribution >= 0.6 is 11.6 Å². The lowest BCUT2D eigenvalue weighted by molar-refractivity contribution is -0.137. The molecule has 1 amide bonds. The molecule has 1 atom stereocenters. The van der Waals surface area contributed by atoms with Gasteiger partial charge >= 0.3 is 6.18 Å². The molecule has 24 heavy (non-hydrogen) atoms. The third-order valence-electron chi connectivity index (χ3n) is 3.61. The summed E-state index contributed by atoms with van der Waals surface area (Å²) in [5.74, 6) is -0.532. The van der Waals surface area contributed by atoms with Gasteiger partial charge in [-0.25, -0.2) is 8.42 Å². The molecule has 1 saturated heterocycles. The van der Waals surface area contributed by atoms with Crippen LogP contribution in [0.4, 0.5) is 13.2 Å². The summed E-state index contributed by atoms with van der Waals surface area (Å²) in [5, 5.41) is 2.24. The van der Waals surface area contributed by atoms with E-state index in [1.165, 1.54) is 0 Å². The largest absolute Gasteiger partial charge is 0.417 e. The second-order valence-electron chi connectivity index (χ2n) is 5.40. The van der Waals surface area contributed by atoms with Crippen molar-refractivity contribution >= 4 is 27.5 Å². The molecule has 1 unspecified atom stereocenters. The summed E-state index contributed by atoms with van der Waals surface area (Å²) in [5.41, 5.74) is -0.913. The Hall–Kier alpha value is -1.39. The van der Waals surface area contributed by atoms with Gasteiger partial charge in [-0.1, -0.05) is 11.6 Å². The van der Waals surface area contributed by atoms with Crippen molar-refractivity contribution in [3.05, 3.63) is 28.5 Å². The first-order valence-electron chi connectivity index (χ1n) is 6.96. The van der Waals surface area contributed by atoms with E-state index >= 15 is 0 Å². The van der Waals surface area contributed by atoms with Crippen molar-refractivity contribution in [2.45, 2.75) is 31.6 Å². The summed E-state index contributed by atoms with van der Waals surface area (Å²) in [4.78, 5) is 15.8. The molecule has 1 aromatic rings. The summed E-state index contributed by atoms with van der Waals surface area (Å²) in [6.45, 7) is 0.0696. The number of carbonyl (C=O) groups excluding carboxylic acids is 1. The number of amides is 1. The van der Waals surface area contributed by atoms with E-state index in [-0.39, 0.29) is 23.8 Å². The van der Waals surface area contributed by atoms with Crippen molar-refractivity contribution in [2.75, 3.05) is 12.8 Å². The molecule has 0 aliphatic carbocycles. The summed E-state index contributed by atoms with van der Waals surface area (Å²) < 4.78 is 62.0. The predicted octanol–water partition coefficient (Wildman–Crippen LogP) is 1.79. The van der Waals surface area contributed by atoms with Gasteiger partial charge in [0.15, 0.2) is 0 Å². The van der Waals surface area contributed by atoms with Crippen LogP contribution in [0.5, 0.6) is 0 Å². The number of rotatable bonds is 4. The molecule has 2 heterocycles. The van der Waals surface area contributed by atoms with Crippen molar-refractivity contribution in [3.8, 4) is 0 Å². The number of carbonyl (C=O) groups is 1. The highest BCUT2D eigenvalue weighted by atomic mass is 35.5. The first kappa shape index (κ1) is 18.9. The Morgan fingerprint density at radius 3 is 2.71 bits per heavy atom. The Labute approximate surface area is 142 Å².